The Morgan fingerprint density at radius 1 is 1.03 bits per heavy atom. The fraction of sp³-hybridized carbons (Fsp3) is 0.333. The molecule has 0 bridgehead atoms. The summed E-state index contributed by atoms with van der Waals surface area (Å²) in [5.74, 6) is -0.171. The maximum atomic E-state index is 13.3. The first-order valence-electron chi connectivity index (χ1n) is 11.5. The second kappa shape index (κ2) is 9.94. The zero-order valence-corrected chi connectivity index (χ0v) is 19.3. The van der Waals surface area contributed by atoms with Crippen LogP contribution in [0.3, 0.4) is 0 Å². The standard InChI is InChI=1S/C27H30N4O2/c1-3-29-26(33)27(13-4-16-31(19-27)25(32)24-18-28-14-15-30-24)17-21-7-11-23(12-8-21)22-9-5-20(2)6-10-22/h5-12,14-15,18H,3-4,13,16-17,19H2,1-2H3,(H,29,33)/t27-/m0/s1. The van der Waals surface area contributed by atoms with Crippen LogP contribution in [-0.4, -0.2) is 46.3 Å². The van der Waals surface area contributed by atoms with Crippen LogP contribution in [0.2, 0.25) is 0 Å². The molecule has 0 spiro atoms. The molecule has 3 aromatic rings. The fourth-order valence-corrected chi connectivity index (χ4v) is 4.59. The van der Waals surface area contributed by atoms with Gasteiger partial charge in [0, 0.05) is 32.0 Å². The summed E-state index contributed by atoms with van der Waals surface area (Å²) in [6.45, 7) is 5.55. The number of benzene rings is 2. The number of hydrogen-bond acceptors (Lipinski definition) is 4. The molecule has 0 radical (unpaired) electrons. The second-order valence-corrected chi connectivity index (χ2v) is 8.80. The Bertz CT molecular complexity index is 1100. The second-order valence-electron chi connectivity index (χ2n) is 8.80. The zero-order valence-electron chi connectivity index (χ0n) is 19.3. The van der Waals surface area contributed by atoms with E-state index in [9.17, 15) is 9.59 Å². The predicted molar refractivity (Wildman–Crippen MR) is 129 cm³/mol. The van der Waals surface area contributed by atoms with Gasteiger partial charge in [0.2, 0.25) is 5.91 Å². The van der Waals surface area contributed by atoms with E-state index in [1.165, 1.54) is 23.5 Å². The summed E-state index contributed by atoms with van der Waals surface area (Å²) in [4.78, 5) is 36.2. The summed E-state index contributed by atoms with van der Waals surface area (Å²) in [5, 5.41) is 3.01. The number of carbonyl (C=O) groups is 2. The number of amides is 2. The van der Waals surface area contributed by atoms with Crippen molar-refractivity contribution < 1.29 is 9.59 Å². The Kier molecular flexibility index (Phi) is 6.82. The number of rotatable bonds is 6. The van der Waals surface area contributed by atoms with Crippen LogP contribution in [0.15, 0.2) is 67.1 Å². The molecule has 2 aromatic carbocycles. The Balaban J connectivity index is 1.57. The third-order valence-electron chi connectivity index (χ3n) is 6.35. The van der Waals surface area contributed by atoms with Gasteiger partial charge in [-0.3, -0.25) is 14.6 Å². The molecule has 0 aliphatic carbocycles. The van der Waals surface area contributed by atoms with E-state index >= 15 is 0 Å². The minimum atomic E-state index is -0.669. The van der Waals surface area contributed by atoms with Gasteiger partial charge in [-0.05, 0) is 49.8 Å². The fourth-order valence-electron chi connectivity index (χ4n) is 4.59. The van der Waals surface area contributed by atoms with Crippen molar-refractivity contribution in [3.8, 4) is 11.1 Å². The lowest BCUT2D eigenvalue weighted by Gasteiger charge is -2.41. The molecule has 6 nitrogen and oxygen atoms in total. The van der Waals surface area contributed by atoms with Gasteiger partial charge in [-0.2, -0.15) is 0 Å². The number of likely N-dealkylation sites (tertiary alicyclic amines) is 1. The number of carbonyl (C=O) groups excluding carboxylic acids is 2. The summed E-state index contributed by atoms with van der Waals surface area (Å²) in [5.41, 5.74) is 4.28. The Morgan fingerprint density at radius 2 is 1.73 bits per heavy atom. The van der Waals surface area contributed by atoms with Crippen LogP contribution >= 0.6 is 0 Å². The van der Waals surface area contributed by atoms with Gasteiger partial charge in [-0.15, -0.1) is 0 Å². The van der Waals surface area contributed by atoms with Gasteiger partial charge in [-0.25, -0.2) is 4.98 Å². The van der Waals surface area contributed by atoms with E-state index in [1.54, 1.807) is 11.1 Å². The van der Waals surface area contributed by atoms with Crippen LogP contribution in [0.25, 0.3) is 11.1 Å². The van der Waals surface area contributed by atoms with E-state index in [0.29, 0.717) is 31.7 Å². The van der Waals surface area contributed by atoms with E-state index in [-0.39, 0.29) is 11.8 Å². The highest BCUT2D eigenvalue weighted by molar-refractivity contribution is 5.93. The molecule has 33 heavy (non-hydrogen) atoms. The molecule has 0 saturated carbocycles. The van der Waals surface area contributed by atoms with Gasteiger partial charge in [0.05, 0.1) is 11.6 Å². The SMILES string of the molecule is CCNC(=O)[C@]1(Cc2ccc(-c3ccc(C)cc3)cc2)CCCN(C(=O)c2cnccn2)C1. The Morgan fingerprint density at radius 3 is 2.36 bits per heavy atom. The number of aryl methyl sites for hydroxylation is 1. The van der Waals surface area contributed by atoms with Gasteiger partial charge in [-0.1, -0.05) is 54.1 Å². The monoisotopic (exact) mass is 442 g/mol. The maximum Gasteiger partial charge on any atom is 0.274 e. The minimum Gasteiger partial charge on any atom is -0.356 e. The molecular formula is C27H30N4O2. The number of nitrogens with zero attached hydrogens (tertiary/aromatic N) is 3. The van der Waals surface area contributed by atoms with Gasteiger partial charge in [0.1, 0.15) is 5.69 Å². The lowest BCUT2D eigenvalue weighted by Crippen LogP contribution is -2.54. The third kappa shape index (κ3) is 5.11. The highest BCUT2D eigenvalue weighted by Gasteiger charge is 2.43. The summed E-state index contributed by atoms with van der Waals surface area (Å²) in [7, 11) is 0. The van der Waals surface area contributed by atoms with Crippen molar-refractivity contribution >= 4 is 11.8 Å². The molecular weight excluding hydrogens is 412 g/mol. The molecule has 1 saturated heterocycles. The molecule has 1 atom stereocenters. The molecule has 1 fully saturated rings. The Labute approximate surface area is 195 Å². The third-order valence-corrected chi connectivity index (χ3v) is 6.35. The first-order valence-corrected chi connectivity index (χ1v) is 11.5. The van der Waals surface area contributed by atoms with Crippen molar-refractivity contribution in [2.24, 2.45) is 5.41 Å². The molecule has 0 unspecified atom stereocenters. The molecule has 2 heterocycles. The topological polar surface area (TPSA) is 75.2 Å². The van der Waals surface area contributed by atoms with Crippen molar-refractivity contribution in [2.75, 3.05) is 19.6 Å². The van der Waals surface area contributed by atoms with E-state index in [2.05, 4.69) is 70.7 Å². The lowest BCUT2D eigenvalue weighted by molar-refractivity contribution is -0.133. The Hall–Kier alpha value is -3.54. The minimum absolute atomic E-state index is 0.00394. The van der Waals surface area contributed by atoms with Crippen LogP contribution in [0.4, 0.5) is 0 Å². The average molecular weight is 443 g/mol. The first-order chi connectivity index (χ1) is 16.0. The highest BCUT2D eigenvalue weighted by atomic mass is 16.2. The average Bonchev–Trinajstić information content (AvgIpc) is 2.85. The molecule has 1 aliphatic heterocycles. The number of hydrogen-bond donors (Lipinski definition) is 1. The predicted octanol–water partition coefficient (Wildman–Crippen LogP) is 4.05. The van der Waals surface area contributed by atoms with Crippen molar-refractivity contribution in [3.63, 3.8) is 0 Å². The summed E-state index contributed by atoms with van der Waals surface area (Å²) in [6.07, 6.45) is 6.63. The summed E-state index contributed by atoms with van der Waals surface area (Å²) < 4.78 is 0. The van der Waals surface area contributed by atoms with E-state index in [1.807, 2.05) is 6.92 Å². The summed E-state index contributed by atoms with van der Waals surface area (Å²) in [6, 6.07) is 16.9. The zero-order chi connectivity index (χ0) is 23.3. The van der Waals surface area contributed by atoms with Crippen LogP contribution in [-0.2, 0) is 11.2 Å². The van der Waals surface area contributed by atoms with Gasteiger partial charge in [0.25, 0.3) is 5.91 Å². The largest absolute Gasteiger partial charge is 0.356 e. The molecule has 1 aromatic heterocycles. The summed E-state index contributed by atoms with van der Waals surface area (Å²) >= 11 is 0. The first kappa shape index (κ1) is 22.6. The van der Waals surface area contributed by atoms with Crippen molar-refractivity contribution in [2.45, 2.75) is 33.1 Å². The smallest absolute Gasteiger partial charge is 0.274 e. The molecule has 1 aliphatic rings. The maximum absolute atomic E-state index is 13.3. The van der Waals surface area contributed by atoms with Crippen molar-refractivity contribution in [3.05, 3.63) is 83.9 Å². The quantitative estimate of drug-likeness (QED) is 0.625. The molecule has 1 N–H and O–H groups in total. The normalized spacial score (nSPS) is 18.1. The van der Waals surface area contributed by atoms with E-state index in [0.717, 1.165) is 24.0 Å². The van der Waals surface area contributed by atoms with Crippen molar-refractivity contribution in [1.29, 1.82) is 0 Å². The van der Waals surface area contributed by atoms with Crippen LogP contribution in [0, 0.1) is 12.3 Å². The molecule has 4 rings (SSSR count). The molecule has 170 valence electrons. The van der Waals surface area contributed by atoms with Crippen LogP contribution in [0.5, 0.6) is 0 Å². The van der Waals surface area contributed by atoms with E-state index in [4.69, 9.17) is 0 Å². The number of nitrogens with one attached hydrogen (secondary N) is 1. The highest BCUT2D eigenvalue weighted by Crippen LogP contribution is 2.35. The van der Waals surface area contributed by atoms with Gasteiger partial charge < -0.3 is 10.2 Å². The van der Waals surface area contributed by atoms with Gasteiger partial charge >= 0.3 is 0 Å². The van der Waals surface area contributed by atoms with Crippen LogP contribution < -0.4 is 5.32 Å². The number of aromatic nitrogens is 2. The van der Waals surface area contributed by atoms with Crippen LogP contribution in [0.1, 0.15) is 41.4 Å². The molecule has 2 amide bonds. The lowest BCUT2D eigenvalue weighted by atomic mass is 9.74. The van der Waals surface area contributed by atoms with Crippen molar-refractivity contribution in [1.82, 2.24) is 20.2 Å². The van der Waals surface area contributed by atoms with E-state index < -0.39 is 5.41 Å². The molecule has 6 heteroatoms. The number of piperidine rings is 1. The van der Waals surface area contributed by atoms with Gasteiger partial charge in [0.15, 0.2) is 0 Å².